The maximum absolute atomic E-state index is 13.1. The lowest BCUT2D eigenvalue weighted by molar-refractivity contribution is -0.384. The Morgan fingerprint density at radius 3 is 2.57 bits per heavy atom. The summed E-state index contributed by atoms with van der Waals surface area (Å²) < 4.78 is 0. The van der Waals surface area contributed by atoms with E-state index in [2.05, 4.69) is 4.90 Å². The van der Waals surface area contributed by atoms with Crippen molar-refractivity contribution in [2.75, 3.05) is 31.1 Å². The topological polar surface area (TPSA) is 92.5 Å². The summed E-state index contributed by atoms with van der Waals surface area (Å²) >= 11 is 8.07. The van der Waals surface area contributed by atoms with E-state index in [1.54, 1.807) is 4.90 Å². The molecule has 0 atom stereocenters. The first-order chi connectivity index (χ1) is 17.0. The van der Waals surface area contributed by atoms with Crippen molar-refractivity contribution in [3.8, 4) is 0 Å². The first kappa shape index (κ1) is 22.7. The van der Waals surface area contributed by atoms with Crippen molar-refractivity contribution in [3.05, 3.63) is 55.2 Å². The van der Waals surface area contributed by atoms with Crippen molar-refractivity contribution < 1.29 is 9.72 Å². The number of hydrogen-bond donors (Lipinski definition) is 0. The fourth-order valence-corrected chi connectivity index (χ4v) is 6.69. The number of benzene rings is 1. The fraction of sp³-hybridized carbons (Fsp3) is 0.480. The number of hydrogen-bond acceptors (Lipinski definition) is 7. The quantitative estimate of drug-likeness (QED) is 0.266. The van der Waals surface area contributed by atoms with E-state index in [0.717, 1.165) is 42.2 Å². The second-order valence-electron chi connectivity index (χ2n) is 9.62. The van der Waals surface area contributed by atoms with Crippen LogP contribution in [0.1, 0.15) is 64.6 Å². The van der Waals surface area contributed by atoms with Gasteiger partial charge in [-0.25, -0.2) is 9.97 Å². The van der Waals surface area contributed by atoms with E-state index in [1.165, 1.54) is 53.3 Å². The maximum Gasteiger partial charge on any atom is 0.270 e. The van der Waals surface area contributed by atoms with E-state index >= 15 is 0 Å². The molecule has 1 saturated carbocycles. The van der Waals surface area contributed by atoms with Crippen LogP contribution >= 0.6 is 22.9 Å². The molecule has 35 heavy (non-hydrogen) atoms. The minimum absolute atomic E-state index is 0.110. The molecule has 6 rings (SSSR count). The molecule has 10 heteroatoms. The van der Waals surface area contributed by atoms with Crippen LogP contribution in [-0.2, 0) is 12.8 Å². The van der Waals surface area contributed by atoms with Gasteiger partial charge in [0, 0.05) is 49.1 Å². The molecule has 3 heterocycles. The second-order valence-corrected chi connectivity index (χ2v) is 11.1. The summed E-state index contributed by atoms with van der Waals surface area (Å²) in [5.41, 5.74) is 1.62. The zero-order valence-electron chi connectivity index (χ0n) is 19.3. The first-order valence-electron chi connectivity index (χ1n) is 12.3. The number of anilines is 1. The third kappa shape index (κ3) is 4.25. The van der Waals surface area contributed by atoms with Crippen molar-refractivity contribution in [1.29, 1.82) is 0 Å². The summed E-state index contributed by atoms with van der Waals surface area (Å²) in [6.45, 7) is 2.44. The molecule has 1 saturated heterocycles. The van der Waals surface area contributed by atoms with Crippen LogP contribution in [0.4, 0.5) is 11.5 Å². The number of thiophene rings is 1. The summed E-state index contributed by atoms with van der Waals surface area (Å²) in [7, 11) is 0. The van der Waals surface area contributed by atoms with Crippen molar-refractivity contribution in [3.63, 3.8) is 0 Å². The van der Waals surface area contributed by atoms with E-state index in [4.69, 9.17) is 21.6 Å². The van der Waals surface area contributed by atoms with E-state index in [1.807, 2.05) is 11.3 Å². The normalized spacial score (nSPS) is 18.4. The molecule has 2 aliphatic carbocycles. The molecule has 1 aliphatic heterocycles. The largest absolute Gasteiger partial charge is 0.352 e. The van der Waals surface area contributed by atoms with Gasteiger partial charge >= 0.3 is 0 Å². The van der Waals surface area contributed by atoms with E-state index < -0.39 is 4.92 Å². The van der Waals surface area contributed by atoms with Crippen LogP contribution in [0.15, 0.2) is 18.2 Å². The van der Waals surface area contributed by atoms with Gasteiger partial charge < -0.3 is 9.80 Å². The number of amides is 1. The monoisotopic (exact) mass is 511 g/mol. The number of carbonyl (C=O) groups is 1. The first-order valence-corrected chi connectivity index (χ1v) is 13.5. The van der Waals surface area contributed by atoms with Gasteiger partial charge in [0.25, 0.3) is 11.6 Å². The van der Waals surface area contributed by atoms with Crippen molar-refractivity contribution in [2.24, 2.45) is 0 Å². The van der Waals surface area contributed by atoms with Crippen LogP contribution in [0.3, 0.4) is 0 Å². The van der Waals surface area contributed by atoms with Gasteiger partial charge in [0.05, 0.1) is 20.9 Å². The summed E-state index contributed by atoms with van der Waals surface area (Å²) in [4.78, 5) is 40.4. The Bertz CT molecular complexity index is 1330. The Kier molecular flexibility index (Phi) is 5.84. The Morgan fingerprint density at radius 2 is 1.86 bits per heavy atom. The lowest BCUT2D eigenvalue weighted by Gasteiger charge is -2.36. The Hall–Kier alpha value is -2.78. The number of rotatable bonds is 4. The lowest BCUT2D eigenvalue weighted by Crippen LogP contribution is -2.49. The molecule has 8 nitrogen and oxygen atoms in total. The maximum atomic E-state index is 13.1. The molecule has 0 unspecified atom stereocenters. The van der Waals surface area contributed by atoms with Gasteiger partial charge in [0.2, 0.25) is 0 Å². The number of non-ortho nitro benzene ring substituents is 1. The number of aryl methyl sites for hydroxylation is 2. The predicted molar refractivity (Wildman–Crippen MR) is 137 cm³/mol. The van der Waals surface area contributed by atoms with E-state index in [-0.39, 0.29) is 16.6 Å². The Labute approximate surface area is 212 Å². The fourth-order valence-electron chi connectivity index (χ4n) is 5.17. The van der Waals surface area contributed by atoms with Crippen molar-refractivity contribution >= 4 is 50.6 Å². The molecule has 0 radical (unpaired) electrons. The summed E-state index contributed by atoms with van der Waals surface area (Å²) in [5.74, 6) is 2.30. The second kappa shape index (κ2) is 9.02. The highest BCUT2D eigenvalue weighted by molar-refractivity contribution is 7.19. The zero-order chi connectivity index (χ0) is 24.1. The van der Waals surface area contributed by atoms with Crippen LogP contribution in [0, 0.1) is 10.1 Å². The number of nitrogens with zero attached hydrogens (tertiary/aromatic N) is 5. The Balaban J connectivity index is 1.27. The molecule has 2 fully saturated rings. The molecule has 0 spiro atoms. The molecule has 182 valence electrons. The number of fused-ring (bicyclic) bond motifs is 3. The molecule has 1 amide bonds. The van der Waals surface area contributed by atoms with Gasteiger partial charge in [-0.3, -0.25) is 14.9 Å². The van der Waals surface area contributed by atoms with Gasteiger partial charge in [0.1, 0.15) is 16.5 Å². The zero-order valence-corrected chi connectivity index (χ0v) is 20.9. The molecule has 0 N–H and O–H groups in total. The van der Waals surface area contributed by atoms with Crippen molar-refractivity contribution in [2.45, 2.75) is 50.9 Å². The van der Waals surface area contributed by atoms with Gasteiger partial charge in [0.15, 0.2) is 0 Å². The highest BCUT2D eigenvalue weighted by Gasteiger charge is 2.32. The highest BCUT2D eigenvalue weighted by Crippen LogP contribution is 2.44. The predicted octanol–water partition coefficient (Wildman–Crippen LogP) is 5.36. The number of nitro groups is 1. The van der Waals surface area contributed by atoms with Crippen LogP contribution < -0.4 is 4.90 Å². The lowest BCUT2D eigenvalue weighted by atomic mass is 10.1. The molecule has 2 aromatic heterocycles. The highest BCUT2D eigenvalue weighted by atomic mass is 35.5. The third-order valence-corrected chi connectivity index (χ3v) is 8.76. The number of aromatic nitrogens is 2. The number of halogens is 1. The molecule has 0 bridgehead atoms. The summed E-state index contributed by atoms with van der Waals surface area (Å²) in [5, 5.41) is 12.3. The standard InChI is InChI=1S/C25H26ClN5O3S/c26-19-14-16(31(33)34)8-9-17(19)25(32)30-12-10-29(11-13-30)23-21-18-4-2-1-3-5-20(18)35-24(21)28-22(27-23)15-6-7-15/h8-9,14-15H,1-7,10-13H2. The number of piperazine rings is 1. The van der Waals surface area contributed by atoms with Gasteiger partial charge in [-0.1, -0.05) is 18.0 Å². The Morgan fingerprint density at radius 1 is 1.09 bits per heavy atom. The molecule has 1 aromatic carbocycles. The average Bonchev–Trinajstić information content (AvgIpc) is 3.68. The summed E-state index contributed by atoms with van der Waals surface area (Å²) in [6, 6.07) is 4.02. The molecular formula is C25H26ClN5O3S. The van der Waals surface area contributed by atoms with Crippen LogP contribution in [0.2, 0.25) is 5.02 Å². The van der Waals surface area contributed by atoms with Gasteiger partial charge in [-0.2, -0.15) is 0 Å². The average molecular weight is 512 g/mol. The van der Waals surface area contributed by atoms with E-state index in [9.17, 15) is 14.9 Å². The van der Waals surface area contributed by atoms with Crippen LogP contribution in [-0.4, -0.2) is 51.9 Å². The van der Waals surface area contributed by atoms with Gasteiger partial charge in [-0.15, -0.1) is 11.3 Å². The van der Waals surface area contributed by atoms with Crippen molar-refractivity contribution in [1.82, 2.24) is 14.9 Å². The molecule has 3 aromatic rings. The number of carbonyl (C=O) groups excluding carboxylic acids is 1. The minimum Gasteiger partial charge on any atom is -0.352 e. The SMILES string of the molecule is O=C(c1ccc([N+](=O)[O-])cc1Cl)N1CCN(c2nc(C3CC3)nc3sc4c(c23)CCCCC4)CC1. The minimum atomic E-state index is -0.512. The number of nitro benzene ring substituents is 1. The van der Waals surface area contributed by atoms with Gasteiger partial charge in [-0.05, 0) is 50.2 Å². The summed E-state index contributed by atoms with van der Waals surface area (Å²) in [6.07, 6.45) is 8.26. The van der Waals surface area contributed by atoms with Crippen LogP contribution in [0.25, 0.3) is 10.2 Å². The van der Waals surface area contributed by atoms with E-state index in [0.29, 0.717) is 37.7 Å². The smallest absolute Gasteiger partial charge is 0.270 e. The molecular weight excluding hydrogens is 486 g/mol. The van der Waals surface area contributed by atoms with Crippen LogP contribution in [0.5, 0.6) is 0 Å². The third-order valence-electron chi connectivity index (χ3n) is 7.27. The molecule has 3 aliphatic rings.